The van der Waals surface area contributed by atoms with Crippen LogP contribution >= 0.6 is 0 Å². The van der Waals surface area contributed by atoms with Crippen molar-refractivity contribution in [1.82, 2.24) is 9.97 Å². The maximum Gasteiger partial charge on any atom is 0.336 e. The van der Waals surface area contributed by atoms with Crippen molar-refractivity contribution in [2.24, 2.45) is 0 Å². The fraction of sp³-hybridized carbons (Fsp3) is 0.111. The highest BCUT2D eigenvalue weighted by atomic mass is 16.4. The first-order valence-corrected chi connectivity index (χ1v) is 3.86. The monoisotopic (exact) mass is 176 g/mol. The first-order valence-electron chi connectivity index (χ1n) is 3.86. The first-order chi connectivity index (χ1) is 6.20. The maximum absolute atomic E-state index is 10.9. The SMILES string of the molecule is Cc1cnc2[nH]ccc2c1C(=O)O. The molecule has 66 valence electrons. The summed E-state index contributed by atoms with van der Waals surface area (Å²) >= 11 is 0. The van der Waals surface area contributed by atoms with E-state index in [9.17, 15) is 4.79 Å². The molecule has 2 heterocycles. The zero-order valence-corrected chi connectivity index (χ0v) is 7.03. The number of pyridine rings is 1. The molecule has 0 saturated carbocycles. The van der Waals surface area contributed by atoms with Gasteiger partial charge in [-0.15, -0.1) is 0 Å². The molecule has 0 aliphatic heterocycles. The first kappa shape index (κ1) is 7.79. The molecular weight excluding hydrogens is 168 g/mol. The minimum atomic E-state index is -0.912. The molecule has 0 radical (unpaired) electrons. The number of nitrogens with one attached hydrogen (secondary N) is 1. The van der Waals surface area contributed by atoms with E-state index >= 15 is 0 Å². The molecule has 0 aromatic carbocycles. The molecule has 13 heavy (non-hydrogen) atoms. The van der Waals surface area contributed by atoms with Crippen LogP contribution in [0.15, 0.2) is 18.5 Å². The predicted octanol–water partition coefficient (Wildman–Crippen LogP) is 1.57. The van der Waals surface area contributed by atoms with Crippen molar-refractivity contribution in [3.8, 4) is 0 Å². The smallest absolute Gasteiger partial charge is 0.336 e. The summed E-state index contributed by atoms with van der Waals surface area (Å²) in [5.41, 5.74) is 1.62. The van der Waals surface area contributed by atoms with E-state index in [-0.39, 0.29) is 0 Å². The van der Waals surface area contributed by atoms with Gasteiger partial charge in [-0.1, -0.05) is 0 Å². The fourth-order valence-electron chi connectivity index (χ4n) is 1.39. The standard InChI is InChI=1S/C9H8N2O2/c1-5-4-11-8-6(2-3-10-8)7(5)9(12)13/h2-4H,1H3,(H,10,11)(H,12,13). The molecule has 4 heteroatoms. The van der Waals surface area contributed by atoms with E-state index in [2.05, 4.69) is 9.97 Å². The summed E-state index contributed by atoms with van der Waals surface area (Å²) in [5.74, 6) is -0.912. The van der Waals surface area contributed by atoms with Crippen LogP contribution in [-0.4, -0.2) is 21.0 Å². The molecule has 0 aliphatic carbocycles. The topological polar surface area (TPSA) is 66.0 Å². The number of fused-ring (bicyclic) bond motifs is 1. The number of aromatic amines is 1. The van der Waals surface area contributed by atoms with E-state index in [1.807, 2.05) is 0 Å². The number of hydrogen-bond acceptors (Lipinski definition) is 2. The quantitative estimate of drug-likeness (QED) is 0.693. The van der Waals surface area contributed by atoms with Crippen LogP contribution in [-0.2, 0) is 0 Å². The van der Waals surface area contributed by atoms with Crippen molar-refractivity contribution in [3.63, 3.8) is 0 Å². The predicted molar refractivity (Wildman–Crippen MR) is 47.8 cm³/mol. The van der Waals surface area contributed by atoms with Gasteiger partial charge in [0.05, 0.1) is 5.56 Å². The second kappa shape index (κ2) is 2.58. The molecule has 0 atom stereocenters. The van der Waals surface area contributed by atoms with E-state index in [0.29, 0.717) is 22.2 Å². The maximum atomic E-state index is 10.9. The number of carboxylic acids is 1. The number of carbonyl (C=O) groups is 1. The Morgan fingerprint density at radius 3 is 3.08 bits per heavy atom. The van der Waals surface area contributed by atoms with E-state index < -0.39 is 5.97 Å². The minimum Gasteiger partial charge on any atom is -0.478 e. The van der Waals surface area contributed by atoms with Gasteiger partial charge in [0.15, 0.2) is 0 Å². The van der Waals surface area contributed by atoms with Gasteiger partial charge < -0.3 is 10.1 Å². The Kier molecular flexibility index (Phi) is 1.55. The number of aromatic nitrogens is 2. The lowest BCUT2D eigenvalue weighted by Crippen LogP contribution is -2.01. The number of aryl methyl sites for hydroxylation is 1. The lowest BCUT2D eigenvalue weighted by Gasteiger charge is -2.00. The number of aromatic carboxylic acids is 1. The molecule has 0 fully saturated rings. The van der Waals surface area contributed by atoms with Crippen LogP contribution in [0.2, 0.25) is 0 Å². The summed E-state index contributed by atoms with van der Waals surface area (Å²) in [7, 11) is 0. The lowest BCUT2D eigenvalue weighted by molar-refractivity contribution is 0.0698. The number of H-pyrrole nitrogens is 1. The molecular formula is C9H8N2O2. The molecule has 4 nitrogen and oxygen atoms in total. The van der Waals surface area contributed by atoms with Gasteiger partial charge in [-0.2, -0.15) is 0 Å². The van der Waals surface area contributed by atoms with Crippen molar-refractivity contribution < 1.29 is 9.90 Å². The fourth-order valence-corrected chi connectivity index (χ4v) is 1.39. The zero-order chi connectivity index (χ0) is 9.42. The number of carboxylic acid groups (broad SMARTS) is 1. The van der Waals surface area contributed by atoms with E-state index in [1.165, 1.54) is 0 Å². The van der Waals surface area contributed by atoms with Crippen LogP contribution in [0.1, 0.15) is 15.9 Å². The van der Waals surface area contributed by atoms with Crippen molar-refractivity contribution in [3.05, 3.63) is 29.6 Å². The highest BCUT2D eigenvalue weighted by Crippen LogP contribution is 2.18. The third kappa shape index (κ3) is 1.07. The summed E-state index contributed by atoms with van der Waals surface area (Å²) in [5, 5.41) is 9.60. The molecule has 2 N–H and O–H groups in total. The van der Waals surface area contributed by atoms with Crippen molar-refractivity contribution in [2.45, 2.75) is 6.92 Å². The molecule has 0 aliphatic rings. The molecule has 2 rings (SSSR count). The third-order valence-electron chi connectivity index (χ3n) is 1.99. The summed E-state index contributed by atoms with van der Waals surface area (Å²) < 4.78 is 0. The largest absolute Gasteiger partial charge is 0.478 e. The van der Waals surface area contributed by atoms with Crippen molar-refractivity contribution in [1.29, 1.82) is 0 Å². The van der Waals surface area contributed by atoms with Crippen LogP contribution in [0.4, 0.5) is 0 Å². The highest BCUT2D eigenvalue weighted by Gasteiger charge is 2.12. The van der Waals surface area contributed by atoms with E-state index in [0.717, 1.165) is 0 Å². The third-order valence-corrected chi connectivity index (χ3v) is 1.99. The van der Waals surface area contributed by atoms with Gasteiger partial charge >= 0.3 is 5.97 Å². The average Bonchev–Trinajstić information content (AvgIpc) is 2.50. The molecule has 0 saturated heterocycles. The van der Waals surface area contributed by atoms with Gasteiger partial charge in [0.2, 0.25) is 0 Å². The highest BCUT2D eigenvalue weighted by molar-refractivity contribution is 6.02. The normalized spacial score (nSPS) is 10.5. The number of hydrogen-bond donors (Lipinski definition) is 2. The Balaban J connectivity index is 2.88. The van der Waals surface area contributed by atoms with Crippen molar-refractivity contribution >= 4 is 17.0 Å². The molecule has 0 spiro atoms. The summed E-state index contributed by atoms with van der Waals surface area (Å²) in [4.78, 5) is 17.8. The zero-order valence-electron chi connectivity index (χ0n) is 7.03. The Morgan fingerprint density at radius 2 is 2.38 bits per heavy atom. The molecule has 2 aromatic rings. The van der Waals surface area contributed by atoms with Crippen LogP contribution < -0.4 is 0 Å². The van der Waals surface area contributed by atoms with Crippen LogP contribution in [0.25, 0.3) is 11.0 Å². The minimum absolute atomic E-state index is 0.325. The Labute approximate surface area is 74.2 Å². The number of nitrogens with zero attached hydrogens (tertiary/aromatic N) is 1. The van der Waals surface area contributed by atoms with Gasteiger partial charge in [-0.3, -0.25) is 0 Å². The number of rotatable bonds is 1. The van der Waals surface area contributed by atoms with E-state index in [4.69, 9.17) is 5.11 Å². The van der Waals surface area contributed by atoms with Gasteiger partial charge in [0.1, 0.15) is 5.65 Å². The van der Waals surface area contributed by atoms with E-state index in [1.54, 1.807) is 25.4 Å². The van der Waals surface area contributed by atoms with Crippen LogP contribution in [0.5, 0.6) is 0 Å². The Morgan fingerprint density at radius 1 is 1.62 bits per heavy atom. The van der Waals surface area contributed by atoms with Crippen LogP contribution in [0.3, 0.4) is 0 Å². The molecule has 0 bridgehead atoms. The molecule has 0 amide bonds. The molecule has 0 unspecified atom stereocenters. The molecule has 2 aromatic heterocycles. The summed E-state index contributed by atoms with van der Waals surface area (Å²) in [6.45, 7) is 1.74. The second-order valence-corrected chi connectivity index (χ2v) is 2.86. The summed E-state index contributed by atoms with van der Waals surface area (Å²) in [6.07, 6.45) is 3.24. The van der Waals surface area contributed by atoms with Gasteiger partial charge in [-0.25, -0.2) is 9.78 Å². The van der Waals surface area contributed by atoms with Gasteiger partial charge in [0, 0.05) is 17.8 Å². The average molecular weight is 176 g/mol. The van der Waals surface area contributed by atoms with Crippen molar-refractivity contribution in [2.75, 3.05) is 0 Å². The summed E-state index contributed by atoms with van der Waals surface area (Å²) in [6, 6.07) is 1.72. The Bertz CT molecular complexity index is 473. The second-order valence-electron chi connectivity index (χ2n) is 2.86. The van der Waals surface area contributed by atoms with Crippen LogP contribution in [0, 0.1) is 6.92 Å². The van der Waals surface area contributed by atoms with Gasteiger partial charge in [0.25, 0.3) is 0 Å². The van der Waals surface area contributed by atoms with Gasteiger partial charge in [-0.05, 0) is 18.6 Å². The lowest BCUT2D eigenvalue weighted by atomic mass is 10.1. The Hall–Kier alpha value is -1.84.